The molecule has 4 heteroatoms. The normalized spacial score (nSPS) is 17.2. The molecule has 1 heterocycles. The van der Waals surface area contributed by atoms with Gasteiger partial charge < -0.3 is 19.5 Å². The van der Waals surface area contributed by atoms with Crippen molar-refractivity contribution in [1.82, 2.24) is 4.90 Å². The smallest absolute Gasteiger partial charge is 0.125 e. The molecule has 152 valence electrons. The minimum Gasteiger partial charge on any atom is -0.490 e. The van der Waals surface area contributed by atoms with E-state index >= 15 is 0 Å². The molecule has 1 saturated heterocycles. The Balaban J connectivity index is 1.56. The Bertz CT molecular complexity index is 685. The summed E-state index contributed by atoms with van der Waals surface area (Å²) in [4.78, 5) is 2.33. The molecule has 4 nitrogen and oxygen atoms in total. The minimum absolute atomic E-state index is 0.0318. The monoisotopic (exact) mass is 383 g/mol. The fraction of sp³-hybridized carbons (Fsp3) is 0.500. The molecule has 0 spiro atoms. The average molecular weight is 384 g/mol. The zero-order chi connectivity index (χ0) is 19.6. The van der Waals surface area contributed by atoms with Crippen molar-refractivity contribution in [2.24, 2.45) is 0 Å². The van der Waals surface area contributed by atoms with Gasteiger partial charge in [0.05, 0.1) is 6.10 Å². The highest BCUT2D eigenvalue weighted by Gasteiger charge is 2.18. The van der Waals surface area contributed by atoms with E-state index in [1.165, 1.54) is 24.8 Å². The number of aliphatic hydroxyl groups is 1. The quantitative estimate of drug-likeness (QED) is 0.667. The second kappa shape index (κ2) is 11.2. The lowest BCUT2D eigenvalue weighted by Crippen LogP contribution is -2.38. The summed E-state index contributed by atoms with van der Waals surface area (Å²) in [6.45, 7) is 3.16. The zero-order valence-corrected chi connectivity index (χ0v) is 16.9. The first-order chi connectivity index (χ1) is 13.8. The third kappa shape index (κ3) is 6.33. The van der Waals surface area contributed by atoms with E-state index in [-0.39, 0.29) is 6.10 Å². The molecule has 0 saturated carbocycles. The van der Waals surface area contributed by atoms with Crippen LogP contribution in [-0.2, 0) is 11.2 Å². The predicted molar refractivity (Wildman–Crippen MR) is 113 cm³/mol. The molecule has 0 unspecified atom stereocenters. The molecule has 3 rings (SSSR count). The summed E-state index contributed by atoms with van der Waals surface area (Å²) >= 11 is 0. The van der Waals surface area contributed by atoms with Crippen LogP contribution < -0.4 is 4.74 Å². The van der Waals surface area contributed by atoms with Crippen molar-refractivity contribution in [3.63, 3.8) is 0 Å². The van der Waals surface area contributed by atoms with Gasteiger partial charge in [-0.1, -0.05) is 55.0 Å². The molecule has 0 bridgehead atoms. The van der Waals surface area contributed by atoms with Crippen molar-refractivity contribution in [3.8, 4) is 5.75 Å². The molecular formula is C24H33NO3. The Morgan fingerprint density at radius 2 is 1.68 bits per heavy atom. The topological polar surface area (TPSA) is 41.9 Å². The number of benzene rings is 2. The fourth-order valence-electron chi connectivity index (χ4n) is 3.90. The largest absolute Gasteiger partial charge is 0.490 e. The lowest BCUT2D eigenvalue weighted by molar-refractivity contribution is 0.0575. The average Bonchev–Trinajstić information content (AvgIpc) is 2.75. The van der Waals surface area contributed by atoms with Gasteiger partial charge in [-0.15, -0.1) is 0 Å². The number of para-hydroxylation sites is 1. The first-order valence-corrected chi connectivity index (χ1v) is 10.4. The first-order valence-electron chi connectivity index (χ1n) is 10.4. The highest BCUT2D eigenvalue weighted by molar-refractivity contribution is 5.35. The van der Waals surface area contributed by atoms with Crippen molar-refractivity contribution in [2.45, 2.75) is 44.3 Å². The molecule has 1 fully saturated rings. The number of methoxy groups -OCH3 is 1. The Kier molecular flexibility index (Phi) is 8.34. The van der Waals surface area contributed by atoms with E-state index < -0.39 is 6.10 Å². The highest BCUT2D eigenvalue weighted by Crippen LogP contribution is 2.30. The molecule has 1 aliphatic rings. The van der Waals surface area contributed by atoms with Gasteiger partial charge in [0.1, 0.15) is 18.5 Å². The summed E-state index contributed by atoms with van der Waals surface area (Å²) in [6.07, 6.45) is 5.09. The van der Waals surface area contributed by atoms with Crippen LogP contribution in [0.2, 0.25) is 0 Å². The molecule has 0 amide bonds. The number of rotatable bonds is 10. The number of hydrogen-bond acceptors (Lipinski definition) is 4. The number of nitrogens with zero attached hydrogens (tertiary/aromatic N) is 1. The number of aryl methyl sites for hydroxylation is 1. The Labute approximate surface area is 169 Å². The second-order valence-corrected chi connectivity index (χ2v) is 7.61. The lowest BCUT2D eigenvalue weighted by Gasteiger charge is -2.28. The van der Waals surface area contributed by atoms with Crippen molar-refractivity contribution in [3.05, 3.63) is 65.7 Å². The molecule has 1 N–H and O–H groups in total. The van der Waals surface area contributed by atoms with Crippen LogP contribution in [0.4, 0.5) is 0 Å². The SMILES string of the molecule is CO[C@H](CCc1ccccc1)c1ccccc1OC[C@H](O)CN1CCCCC1. The van der Waals surface area contributed by atoms with Gasteiger partial charge in [-0.05, 0) is 50.4 Å². The third-order valence-electron chi connectivity index (χ3n) is 5.44. The minimum atomic E-state index is -0.475. The number of aliphatic hydroxyl groups excluding tert-OH is 1. The number of ether oxygens (including phenoxy) is 2. The van der Waals surface area contributed by atoms with E-state index in [9.17, 15) is 5.11 Å². The summed E-state index contributed by atoms with van der Waals surface area (Å²) in [5, 5.41) is 10.4. The third-order valence-corrected chi connectivity index (χ3v) is 5.44. The van der Waals surface area contributed by atoms with E-state index in [1.807, 2.05) is 24.3 Å². The van der Waals surface area contributed by atoms with Crippen molar-refractivity contribution < 1.29 is 14.6 Å². The van der Waals surface area contributed by atoms with Gasteiger partial charge in [-0.3, -0.25) is 0 Å². The summed E-state index contributed by atoms with van der Waals surface area (Å²) in [5.41, 5.74) is 2.35. The van der Waals surface area contributed by atoms with E-state index in [0.717, 1.165) is 37.2 Å². The summed E-state index contributed by atoms with van der Waals surface area (Å²) in [7, 11) is 1.75. The molecule has 2 atom stereocenters. The molecule has 2 aromatic carbocycles. The maximum absolute atomic E-state index is 10.4. The van der Waals surface area contributed by atoms with Gasteiger partial charge in [0.15, 0.2) is 0 Å². The number of piperidine rings is 1. The van der Waals surface area contributed by atoms with Crippen LogP contribution in [0.5, 0.6) is 5.75 Å². The van der Waals surface area contributed by atoms with Crippen LogP contribution in [0.3, 0.4) is 0 Å². The molecule has 1 aliphatic heterocycles. The van der Waals surface area contributed by atoms with Crippen LogP contribution in [0.1, 0.15) is 42.9 Å². The highest BCUT2D eigenvalue weighted by atomic mass is 16.5. The molecular weight excluding hydrogens is 350 g/mol. The van der Waals surface area contributed by atoms with Gasteiger partial charge >= 0.3 is 0 Å². The van der Waals surface area contributed by atoms with E-state index in [1.54, 1.807) is 7.11 Å². The number of β-amino-alcohol motifs (C(OH)–C–C–N with tert-alkyl or cyclic N) is 1. The number of hydrogen-bond donors (Lipinski definition) is 1. The maximum Gasteiger partial charge on any atom is 0.125 e. The van der Waals surface area contributed by atoms with Gasteiger partial charge in [0.25, 0.3) is 0 Å². The number of likely N-dealkylation sites (tertiary alicyclic amines) is 1. The van der Waals surface area contributed by atoms with E-state index in [4.69, 9.17) is 9.47 Å². The predicted octanol–water partition coefficient (Wildman–Crippen LogP) is 4.23. The van der Waals surface area contributed by atoms with Gasteiger partial charge in [-0.2, -0.15) is 0 Å². The molecule has 2 aromatic rings. The first kappa shape index (κ1) is 20.8. The van der Waals surface area contributed by atoms with E-state index in [0.29, 0.717) is 13.2 Å². The van der Waals surface area contributed by atoms with Gasteiger partial charge in [0.2, 0.25) is 0 Å². The molecule has 28 heavy (non-hydrogen) atoms. The zero-order valence-electron chi connectivity index (χ0n) is 16.9. The van der Waals surface area contributed by atoms with Crippen LogP contribution in [0.15, 0.2) is 54.6 Å². The Morgan fingerprint density at radius 3 is 2.43 bits per heavy atom. The Hall–Kier alpha value is -1.88. The van der Waals surface area contributed by atoms with Gasteiger partial charge in [0, 0.05) is 19.2 Å². The van der Waals surface area contributed by atoms with Crippen molar-refractivity contribution in [1.29, 1.82) is 0 Å². The standard InChI is InChI=1S/C24H33NO3/c1-27-23(15-14-20-10-4-2-5-11-20)22-12-6-7-13-24(22)28-19-21(26)18-25-16-8-3-9-17-25/h2,4-7,10-13,21,23,26H,3,8-9,14-19H2,1H3/t21-,23-/m1/s1. The molecule has 0 aliphatic carbocycles. The fourth-order valence-corrected chi connectivity index (χ4v) is 3.90. The van der Waals surface area contributed by atoms with Crippen LogP contribution in [-0.4, -0.2) is 49.5 Å². The van der Waals surface area contributed by atoms with Crippen molar-refractivity contribution in [2.75, 3.05) is 33.4 Å². The van der Waals surface area contributed by atoms with Crippen LogP contribution >= 0.6 is 0 Å². The summed E-state index contributed by atoms with van der Waals surface area (Å²) in [6, 6.07) is 18.5. The summed E-state index contributed by atoms with van der Waals surface area (Å²) in [5.74, 6) is 0.806. The van der Waals surface area contributed by atoms with Crippen LogP contribution in [0, 0.1) is 0 Å². The maximum atomic E-state index is 10.4. The Morgan fingerprint density at radius 1 is 0.964 bits per heavy atom. The summed E-state index contributed by atoms with van der Waals surface area (Å²) < 4.78 is 11.8. The van der Waals surface area contributed by atoms with Gasteiger partial charge in [-0.25, -0.2) is 0 Å². The van der Waals surface area contributed by atoms with E-state index in [2.05, 4.69) is 35.2 Å². The second-order valence-electron chi connectivity index (χ2n) is 7.61. The van der Waals surface area contributed by atoms with Crippen LogP contribution in [0.25, 0.3) is 0 Å². The lowest BCUT2D eigenvalue weighted by atomic mass is 10.0. The molecule has 0 aromatic heterocycles. The van der Waals surface area contributed by atoms with Crippen molar-refractivity contribution >= 4 is 0 Å². The molecule has 0 radical (unpaired) electrons.